The van der Waals surface area contributed by atoms with E-state index in [1.807, 2.05) is 12.1 Å². The lowest BCUT2D eigenvalue weighted by Crippen LogP contribution is -2.38. The average Bonchev–Trinajstić information content (AvgIpc) is 2.68. The van der Waals surface area contributed by atoms with E-state index in [9.17, 15) is 4.39 Å². The van der Waals surface area contributed by atoms with Gasteiger partial charge in [-0.3, -0.25) is 0 Å². The Hall–Kier alpha value is -0.930. The van der Waals surface area contributed by atoms with Crippen molar-refractivity contribution in [3.8, 4) is 0 Å². The van der Waals surface area contributed by atoms with Crippen molar-refractivity contribution in [2.45, 2.75) is 25.9 Å². The van der Waals surface area contributed by atoms with Gasteiger partial charge in [0.15, 0.2) is 0 Å². The number of nitrogens with one attached hydrogen (secondary N) is 1. The van der Waals surface area contributed by atoms with E-state index in [-0.39, 0.29) is 5.82 Å². The van der Waals surface area contributed by atoms with Crippen LogP contribution in [0.4, 0.5) is 4.39 Å². The molecule has 1 N–H and O–H groups in total. The molecule has 1 heterocycles. The van der Waals surface area contributed by atoms with Crippen LogP contribution in [0.15, 0.2) is 24.3 Å². The van der Waals surface area contributed by atoms with Crippen molar-refractivity contribution < 1.29 is 4.39 Å². The summed E-state index contributed by atoms with van der Waals surface area (Å²) in [5.74, 6) is 0.616. The molecule has 2 atom stereocenters. The molecule has 1 aromatic rings. The maximum absolute atomic E-state index is 13.5. The molecule has 17 heavy (non-hydrogen) atoms. The standard InChI is InChI=1S/C14H21FN2/c1-11-7-8-16-14(11)10-17(2)9-12-5-3-4-6-13(12)15/h3-6,11,14,16H,7-10H2,1-2H3. The fourth-order valence-electron chi connectivity index (χ4n) is 2.46. The monoisotopic (exact) mass is 236 g/mol. The zero-order valence-corrected chi connectivity index (χ0v) is 10.6. The first-order valence-electron chi connectivity index (χ1n) is 6.32. The minimum absolute atomic E-state index is 0.105. The Bertz CT molecular complexity index is 367. The van der Waals surface area contributed by atoms with Crippen LogP contribution in [0.1, 0.15) is 18.9 Å². The highest BCUT2D eigenvalue weighted by Gasteiger charge is 2.23. The highest BCUT2D eigenvalue weighted by atomic mass is 19.1. The highest BCUT2D eigenvalue weighted by molar-refractivity contribution is 5.17. The van der Waals surface area contributed by atoms with Crippen molar-refractivity contribution in [1.82, 2.24) is 10.2 Å². The lowest BCUT2D eigenvalue weighted by atomic mass is 10.0. The molecule has 1 saturated heterocycles. The summed E-state index contributed by atoms with van der Waals surface area (Å²) in [6.07, 6.45) is 1.25. The number of rotatable bonds is 4. The number of nitrogens with zero attached hydrogens (tertiary/aromatic N) is 1. The maximum atomic E-state index is 13.5. The second-order valence-corrected chi connectivity index (χ2v) is 5.11. The number of hydrogen-bond donors (Lipinski definition) is 1. The zero-order chi connectivity index (χ0) is 12.3. The van der Waals surface area contributed by atoms with Crippen molar-refractivity contribution in [3.63, 3.8) is 0 Å². The summed E-state index contributed by atoms with van der Waals surface area (Å²) in [6, 6.07) is 7.56. The van der Waals surface area contributed by atoms with E-state index in [0.717, 1.165) is 24.6 Å². The molecular formula is C14H21FN2. The first kappa shape index (κ1) is 12.5. The molecule has 2 rings (SSSR count). The van der Waals surface area contributed by atoms with Crippen molar-refractivity contribution in [2.75, 3.05) is 20.1 Å². The fourth-order valence-corrected chi connectivity index (χ4v) is 2.46. The largest absolute Gasteiger partial charge is 0.312 e. The van der Waals surface area contributed by atoms with Crippen LogP contribution in [-0.2, 0) is 6.54 Å². The molecular weight excluding hydrogens is 215 g/mol. The summed E-state index contributed by atoms with van der Waals surface area (Å²) in [7, 11) is 2.05. The number of hydrogen-bond acceptors (Lipinski definition) is 2. The molecule has 0 aliphatic carbocycles. The molecule has 0 amide bonds. The second kappa shape index (κ2) is 5.61. The van der Waals surface area contributed by atoms with Crippen LogP contribution < -0.4 is 5.32 Å². The van der Waals surface area contributed by atoms with Gasteiger partial charge in [0.25, 0.3) is 0 Å². The Kier molecular flexibility index (Phi) is 4.13. The topological polar surface area (TPSA) is 15.3 Å². The van der Waals surface area contributed by atoms with Crippen LogP contribution in [0.25, 0.3) is 0 Å². The molecule has 0 radical (unpaired) electrons. The van der Waals surface area contributed by atoms with E-state index >= 15 is 0 Å². The van der Waals surface area contributed by atoms with E-state index in [1.54, 1.807) is 6.07 Å². The molecule has 0 aromatic heterocycles. The van der Waals surface area contributed by atoms with Crippen LogP contribution in [0.2, 0.25) is 0 Å². The molecule has 2 unspecified atom stereocenters. The van der Waals surface area contributed by atoms with E-state index < -0.39 is 0 Å². The molecule has 0 bridgehead atoms. The van der Waals surface area contributed by atoms with Gasteiger partial charge in [-0.1, -0.05) is 25.1 Å². The molecule has 94 valence electrons. The molecule has 1 aliphatic heterocycles. The minimum Gasteiger partial charge on any atom is -0.312 e. The van der Waals surface area contributed by atoms with Gasteiger partial charge in [-0.05, 0) is 32.0 Å². The molecule has 0 saturated carbocycles. The van der Waals surface area contributed by atoms with Gasteiger partial charge in [-0.25, -0.2) is 4.39 Å². The van der Waals surface area contributed by atoms with E-state index in [2.05, 4.69) is 24.2 Å². The van der Waals surface area contributed by atoms with Gasteiger partial charge in [-0.2, -0.15) is 0 Å². The van der Waals surface area contributed by atoms with Crippen LogP contribution in [0.3, 0.4) is 0 Å². The van der Waals surface area contributed by atoms with Crippen molar-refractivity contribution in [3.05, 3.63) is 35.6 Å². The summed E-state index contributed by atoms with van der Waals surface area (Å²) in [5, 5.41) is 3.50. The Labute approximate surface area is 103 Å². The maximum Gasteiger partial charge on any atom is 0.127 e. The number of halogens is 1. The number of likely N-dealkylation sites (N-methyl/N-ethyl adjacent to an activating group) is 1. The Balaban J connectivity index is 1.89. The SMILES string of the molecule is CC1CCNC1CN(C)Cc1ccccc1F. The zero-order valence-electron chi connectivity index (χ0n) is 10.6. The molecule has 1 aromatic carbocycles. The predicted molar refractivity (Wildman–Crippen MR) is 68.3 cm³/mol. The Morgan fingerprint density at radius 3 is 2.82 bits per heavy atom. The summed E-state index contributed by atoms with van der Waals surface area (Å²) < 4.78 is 13.5. The minimum atomic E-state index is -0.105. The van der Waals surface area contributed by atoms with E-state index in [4.69, 9.17) is 0 Å². The quantitative estimate of drug-likeness (QED) is 0.862. The third-order valence-corrected chi connectivity index (χ3v) is 3.60. The third kappa shape index (κ3) is 3.27. The van der Waals surface area contributed by atoms with Gasteiger partial charge in [-0.15, -0.1) is 0 Å². The lowest BCUT2D eigenvalue weighted by Gasteiger charge is -2.24. The lowest BCUT2D eigenvalue weighted by molar-refractivity contribution is 0.268. The first-order chi connectivity index (χ1) is 8.16. The Morgan fingerprint density at radius 1 is 1.41 bits per heavy atom. The molecule has 0 spiro atoms. The molecule has 1 aliphatic rings. The summed E-state index contributed by atoms with van der Waals surface area (Å²) in [4.78, 5) is 2.19. The van der Waals surface area contributed by atoms with Gasteiger partial charge in [0.1, 0.15) is 5.82 Å². The van der Waals surface area contributed by atoms with E-state index in [0.29, 0.717) is 12.6 Å². The van der Waals surface area contributed by atoms with Crippen molar-refractivity contribution in [1.29, 1.82) is 0 Å². The summed E-state index contributed by atoms with van der Waals surface area (Å²) in [5.41, 5.74) is 0.778. The first-order valence-corrected chi connectivity index (χ1v) is 6.32. The molecule has 2 nitrogen and oxygen atoms in total. The average molecular weight is 236 g/mol. The fraction of sp³-hybridized carbons (Fsp3) is 0.571. The van der Waals surface area contributed by atoms with Crippen molar-refractivity contribution >= 4 is 0 Å². The van der Waals surface area contributed by atoms with Gasteiger partial charge >= 0.3 is 0 Å². The van der Waals surface area contributed by atoms with Gasteiger partial charge < -0.3 is 10.2 Å². The van der Waals surface area contributed by atoms with Crippen LogP contribution >= 0.6 is 0 Å². The van der Waals surface area contributed by atoms with Crippen LogP contribution in [0.5, 0.6) is 0 Å². The van der Waals surface area contributed by atoms with Crippen molar-refractivity contribution in [2.24, 2.45) is 5.92 Å². The molecule has 3 heteroatoms. The smallest absolute Gasteiger partial charge is 0.127 e. The number of benzene rings is 1. The Morgan fingerprint density at radius 2 is 2.18 bits per heavy atom. The summed E-state index contributed by atoms with van der Waals surface area (Å²) >= 11 is 0. The normalized spacial score (nSPS) is 24.5. The second-order valence-electron chi connectivity index (χ2n) is 5.11. The highest BCUT2D eigenvalue weighted by Crippen LogP contribution is 2.16. The van der Waals surface area contributed by atoms with Gasteiger partial charge in [0.2, 0.25) is 0 Å². The van der Waals surface area contributed by atoms with Gasteiger partial charge in [0, 0.05) is 24.7 Å². The van der Waals surface area contributed by atoms with Gasteiger partial charge in [0.05, 0.1) is 0 Å². The molecule has 1 fully saturated rings. The van der Waals surface area contributed by atoms with Crippen LogP contribution in [0, 0.1) is 11.7 Å². The summed E-state index contributed by atoms with van der Waals surface area (Å²) in [6.45, 7) is 5.05. The third-order valence-electron chi connectivity index (χ3n) is 3.60. The van der Waals surface area contributed by atoms with Crippen LogP contribution in [-0.4, -0.2) is 31.1 Å². The predicted octanol–water partition coefficient (Wildman–Crippen LogP) is 2.26. The van der Waals surface area contributed by atoms with E-state index in [1.165, 1.54) is 12.5 Å².